The molecule has 1 fully saturated rings. The Labute approximate surface area is 89.3 Å². The Hall–Kier alpha value is -1.71. The first-order valence-corrected chi connectivity index (χ1v) is 5.02. The minimum absolute atomic E-state index is 0.0817. The molecule has 2 rings (SSSR count). The highest BCUT2D eigenvalue weighted by atomic mass is 16.2. The molecule has 0 aromatic heterocycles. The van der Waals surface area contributed by atoms with E-state index in [1.165, 1.54) is 0 Å². The van der Waals surface area contributed by atoms with Crippen LogP contribution in [-0.4, -0.2) is 36.0 Å². The summed E-state index contributed by atoms with van der Waals surface area (Å²) in [6.07, 6.45) is 0. The van der Waals surface area contributed by atoms with E-state index in [1.807, 2.05) is 36.2 Å². The summed E-state index contributed by atoms with van der Waals surface area (Å²) >= 11 is 0. The van der Waals surface area contributed by atoms with Crippen molar-refractivity contribution in [2.75, 3.05) is 25.9 Å². The van der Waals surface area contributed by atoms with Gasteiger partial charge in [-0.3, -0.25) is 0 Å². The molecule has 2 N–H and O–H groups in total. The number of hydrogen-bond donors (Lipinski definition) is 1. The Kier molecular flexibility index (Phi) is 2.49. The Bertz CT molecular complexity index is 378. The molecule has 0 unspecified atom stereocenters. The van der Waals surface area contributed by atoms with Crippen LogP contribution in [0.5, 0.6) is 0 Å². The highest BCUT2D eigenvalue weighted by Crippen LogP contribution is 2.16. The van der Waals surface area contributed by atoms with Gasteiger partial charge in [-0.1, -0.05) is 18.2 Å². The zero-order valence-electron chi connectivity index (χ0n) is 8.81. The second-order valence-electron chi connectivity index (χ2n) is 3.82. The maximum absolute atomic E-state index is 11.6. The number of nitrogen functional groups attached to an aromatic ring is 1. The number of carbonyl (C=O) groups is 1. The lowest BCUT2D eigenvalue weighted by molar-refractivity contribution is 0.197. The number of benzene rings is 1. The van der Waals surface area contributed by atoms with Crippen molar-refractivity contribution < 1.29 is 4.79 Å². The van der Waals surface area contributed by atoms with Crippen LogP contribution in [0.4, 0.5) is 10.5 Å². The second kappa shape index (κ2) is 3.81. The van der Waals surface area contributed by atoms with Crippen LogP contribution >= 0.6 is 0 Å². The lowest BCUT2D eigenvalue weighted by atomic mass is 10.2. The Morgan fingerprint density at radius 3 is 2.67 bits per heavy atom. The number of urea groups is 1. The molecule has 1 saturated heterocycles. The fraction of sp³-hybridized carbons (Fsp3) is 0.364. The number of nitrogens with zero attached hydrogens (tertiary/aromatic N) is 2. The fourth-order valence-corrected chi connectivity index (χ4v) is 1.73. The highest BCUT2D eigenvalue weighted by Gasteiger charge is 2.25. The summed E-state index contributed by atoms with van der Waals surface area (Å²) in [6, 6.07) is 7.74. The zero-order chi connectivity index (χ0) is 10.8. The molecule has 1 aromatic carbocycles. The van der Waals surface area contributed by atoms with Gasteiger partial charge in [0.1, 0.15) is 0 Å². The number of likely N-dealkylation sites (N-methyl/N-ethyl adjacent to an activating group) is 1. The molecular formula is C11H15N3O. The molecule has 0 saturated carbocycles. The molecule has 1 aliphatic rings. The van der Waals surface area contributed by atoms with Gasteiger partial charge in [0, 0.05) is 32.4 Å². The summed E-state index contributed by atoms with van der Waals surface area (Å²) < 4.78 is 0. The molecule has 1 heterocycles. The molecule has 1 aromatic rings. The number of rotatable bonds is 2. The van der Waals surface area contributed by atoms with E-state index in [0.29, 0.717) is 6.54 Å². The first kappa shape index (κ1) is 9.83. The number of nitrogens with two attached hydrogens (primary N) is 1. The summed E-state index contributed by atoms with van der Waals surface area (Å²) in [7, 11) is 1.82. The van der Waals surface area contributed by atoms with Crippen LogP contribution in [0.1, 0.15) is 5.56 Å². The molecule has 0 radical (unpaired) electrons. The zero-order valence-corrected chi connectivity index (χ0v) is 8.81. The van der Waals surface area contributed by atoms with Gasteiger partial charge >= 0.3 is 6.03 Å². The van der Waals surface area contributed by atoms with E-state index in [2.05, 4.69) is 0 Å². The normalized spacial score (nSPS) is 16.2. The third kappa shape index (κ3) is 1.88. The van der Waals surface area contributed by atoms with E-state index in [0.717, 1.165) is 24.3 Å². The average molecular weight is 205 g/mol. The first-order valence-electron chi connectivity index (χ1n) is 5.02. The van der Waals surface area contributed by atoms with Crippen LogP contribution in [0.2, 0.25) is 0 Å². The van der Waals surface area contributed by atoms with Crippen LogP contribution in [0, 0.1) is 0 Å². The van der Waals surface area contributed by atoms with Gasteiger partial charge in [0.05, 0.1) is 0 Å². The molecule has 80 valence electrons. The topological polar surface area (TPSA) is 49.6 Å². The molecule has 2 amide bonds. The summed E-state index contributed by atoms with van der Waals surface area (Å²) in [5.74, 6) is 0. The van der Waals surface area contributed by atoms with Crippen LogP contribution in [0.25, 0.3) is 0 Å². The van der Waals surface area contributed by atoms with Crippen molar-refractivity contribution in [3.8, 4) is 0 Å². The lowest BCUT2D eigenvalue weighted by Crippen LogP contribution is -2.29. The van der Waals surface area contributed by atoms with E-state index < -0.39 is 0 Å². The van der Waals surface area contributed by atoms with Crippen molar-refractivity contribution >= 4 is 11.7 Å². The van der Waals surface area contributed by atoms with E-state index in [1.54, 1.807) is 4.90 Å². The fourth-order valence-electron chi connectivity index (χ4n) is 1.73. The lowest BCUT2D eigenvalue weighted by Gasteiger charge is -2.16. The number of hydrogen-bond acceptors (Lipinski definition) is 2. The number of anilines is 1. The smallest absolute Gasteiger partial charge is 0.320 e. The van der Waals surface area contributed by atoms with E-state index in [4.69, 9.17) is 5.73 Å². The molecule has 15 heavy (non-hydrogen) atoms. The standard InChI is InChI=1S/C11H15N3O/c1-13-6-7-14(11(13)15)8-9-4-2-3-5-10(9)12/h2-5H,6-8,12H2,1H3. The van der Waals surface area contributed by atoms with Crippen molar-refractivity contribution in [3.05, 3.63) is 29.8 Å². The largest absolute Gasteiger partial charge is 0.398 e. The Morgan fingerprint density at radius 1 is 1.33 bits per heavy atom. The highest BCUT2D eigenvalue weighted by molar-refractivity contribution is 5.76. The maximum atomic E-state index is 11.6. The van der Waals surface area contributed by atoms with Crippen molar-refractivity contribution in [2.24, 2.45) is 0 Å². The van der Waals surface area contributed by atoms with E-state index in [-0.39, 0.29) is 6.03 Å². The van der Waals surface area contributed by atoms with Crippen molar-refractivity contribution in [3.63, 3.8) is 0 Å². The predicted octanol–water partition coefficient (Wildman–Crippen LogP) is 1.14. The third-order valence-corrected chi connectivity index (χ3v) is 2.72. The Balaban J connectivity index is 2.10. The van der Waals surface area contributed by atoms with E-state index in [9.17, 15) is 4.79 Å². The van der Waals surface area contributed by atoms with Crippen LogP contribution in [0.3, 0.4) is 0 Å². The summed E-state index contributed by atoms with van der Waals surface area (Å²) in [4.78, 5) is 15.2. The van der Waals surface area contributed by atoms with Gasteiger partial charge in [-0.2, -0.15) is 0 Å². The van der Waals surface area contributed by atoms with Gasteiger partial charge < -0.3 is 15.5 Å². The quantitative estimate of drug-likeness (QED) is 0.736. The molecule has 0 bridgehead atoms. The van der Waals surface area contributed by atoms with Crippen LogP contribution < -0.4 is 5.73 Å². The SMILES string of the molecule is CN1CCN(Cc2ccccc2N)C1=O. The van der Waals surface area contributed by atoms with Gasteiger partial charge in [0.25, 0.3) is 0 Å². The third-order valence-electron chi connectivity index (χ3n) is 2.72. The van der Waals surface area contributed by atoms with Gasteiger partial charge in [-0.25, -0.2) is 4.79 Å². The molecular weight excluding hydrogens is 190 g/mol. The van der Waals surface area contributed by atoms with Crippen molar-refractivity contribution in [2.45, 2.75) is 6.54 Å². The molecule has 4 heteroatoms. The summed E-state index contributed by atoms with van der Waals surface area (Å²) in [6.45, 7) is 2.19. The predicted molar refractivity (Wildman–Crippen MR) is 59.3 cm³/mol. The van der Waals surface area contributed by atoms with Crippen LogP contribution in [-0.2, 0) is 6.54 Å². The number of para-hydroxylation sites is 1. The van der Waals surface area contributed by atoms with Crippen molar-refractivity contribution in [1.29, 1.82) is 0 Å². The number of carbonyl (C=O) groups excluding carboxylic acids is 1. The molecule has 4 nitrogen and oxygen atoms in total. The second-order valence-corrected chi connectivity index (χ2v) is 3.82. The minimum Gasteiger partial charge on any atom is -0.398 e. The molecule has 0 spiro atoms. The Morgan fingerprint density at radius 2 is 2.07 bits per heavy atom. The number of amides is 2. The van der Waals surface area contributed by atoms with Gasteiger partial charge in [-0.15, -0.1) is 0 Å². The minimum atomic E-state index is 0.0817. The van der Waals surface area contributed by atoms with Gasteiger partial charge in [-0.05, 0) is 11.6 Å². The molecule has 0 aliphatic carbocycles. The first-order chi connectivity index (χ1) is 7.18. The van der Waals surface area contributed by atoms with Crippen molar-refractivity contribution in [1.82, 2.24) is 9.80 Å². The molecule has 1 aliphatic heterocycles. The maximum Gasteiger partial charge on any atom is 0.320 e. The monoisotopic (exact) mass is 205 g/mol. The van der Waals surface area contributed by atoms with E-state index >= 15 is 0 Å². The van der Waals surface area contributed by atoms with Gasteiger partial charge in [0.2, 0.25) is 0 Å². The summed E-state index contributed by atoms with van der Waals surface area (Å²) in [5, 5.41) is 0. The van der Waals surface area contributed by atoms with Gasteiger partial charge in [0.15, 0.2) is 0 Å². The molecule has 0 atom stereocenters. The average Bonchev–Trinajstić information content (AvgIpc) is 2.53. The summed E-state index contributed by atoms with van der Waals surface area (Å²) in [5.41, 5.74) is 7.59. The van der Waals surface area contributed by atoms with Crippen LogP contribution in [0.15, 0.2) is 24.3 Å².